The molecule has 0 saturated heterocycles. The number of hydrogen-bond donors (Lipinski definition) is 0. The Morgan fingerprint density at radius 2 is 0.842 bits per heavy atom. The lowest BCUT2D eigenvalue weighted by atomic mass is 9.87. The lowest BCUT2D eigenvalue weighted by Crippen LogP contribution is -2.11. The quantitative estimate of drug-likeness (QED) is 0.0266. The number of fused-ring (bicyclic) bond motifs is 1. The van der Waals surface area contributed by atoms with Crippen LogP contribution in [-0.4, -0.2) is 4.57 Å². The van der Waals surface area contributed by atoms with E-state index in [2.05, 4.69) is 91.2 Å². The molecule has 1 atom stereocenters. The highest BCUT2D eigenvalue weighted by Gasteiger charge is 2.25. The van der Waals surface area contributed by atoms with E-state index < -0.39 is 0 Å². The van der Waals surface area contributed by atoms with Gasteiger partial charge in [0.1, 0.15) is 35.4 Å². The SMILES string of the molecule is CCCCCCCCCCCCC(CCCCCCCCCC)Cn1c2cc(C=C(C#N)C#N)c3cccc4c5cccc6c(C=C(C#N)C#N)cc1c(c65)c2c34. The summed E-state index contributed by atoms with van der Waals surface area (Å²) in [5.41, 5.74) is 4.17. The summed E-state index contributed by atoms with van der Waals surface area (Å²) < 4.78 is 2.51. The van der Waals surface area contributed by atoms with Crippen LogP contribution in [0.3, 0.4) is 0 Å². The van der Waals surface area contributed by atoms with Gasteiger partial charge in [0.2, 0.25) is 0 Å². The van der Waals surface area contributed by atoms with E-state index in [1.54, 1.807) is 12.2 Å². The van der Waals surface area contributed by atoms with Crippen molar-refractivity contribution in [3.63, 3.8) is 0 Å². The third-order valence-corrected chi connectivity index (χ3v) is 12.4. The molecule has 5 nitrogen and oxygen atoms in total. The van der Waals surface area contributed by atoms with Gasteiger partial charge in [-0.15, -0.1) is 0 Å². The van der Waals surface area contributed by atoms with Crippen molar-refractivity contribution in [1.29, 1.82) is 21.0 Å². The molecule has 57 heavy (non-hydrogen) atoms. The van der Waals surface area contributed by atoms with Crippen LogP contribution < -0.4 is 0 Å². The average molecular weight is 754 g/mol. The second-order valence-electron chi connectivity index (χ2n) is 16.5. The monoisotopic (exact) mass is 753 g/mol. The molecule has 5 aromatic carbocycles. The molecule has 0 spiro atoms. The Morgan fingerprint density at radius 3 is 1.21 bits per heavy atom. The van der Waals surface area contributed by atoms with Crippen LogP contribution >= 0.6 is 0 Å². The second kappa shape index (κ2) is 20.7. The van der Waals surface area contributed by atoms with Crippen molar-refractivity contribution in [3.05, 3.63) is 70.8 Å². The van der Waals surface area contributed by atoms with Crippen LogP contribution in [0.25, 0.3) is 66.3 Å². The van der Waals surface area contributed by atoms with E-state index in [1.165, 1.54) is 139 Å². The molecule has 0 bridgehead atoms. The Hall–Kier alpha value is -5.36. The fraction of sp³-hybridized carbons (Fsp3) is 0.462. The van der Waals surface area contributed by atoms with Crippen molar-refractivity contribution < 1.29 is 0 Å². The molecule has 1 unspecified atom stereocenters. The first kappa shape index (κ1) is 41.3. The van der Waals surface area contributed by atoms with E-state index in [0.717, 1.165) is 61.0 Å². The van der Waals surface area contributed by atoms with E-state index in [0.29, 0.717) is 5.92 Å². The zero-order valence-corrected chi connectivity index (χ0v) is 34.4. The maximum atomic E-state index is 9.84. The normalized spacial score (nSPS) is 12.0. The molecule has 0 amide bonds. The molecule has 0 fully saturated rings. The van der Waals surface area contributed by atoms with Gasteiger partial charge >= 0.3 is 0 Å². The maximum Gasteiger partial charge on any atom is 0.130 e. The van der Waals surface area contributed by atoms with Gasteiger partial charge in [0.15, 0.2) is 0 Å². The highest BCUT2D eigenvalue weighted by Crippen LogP contribution is 2.49. The molecule has 0 aliphatic heterocycles. The largest absolute Gasteiger partial charge is 0.340 e. The molecule has 0 radical (unpaired) electrons. The molecule has 0 aliphatic rings. The molecule has 0 N–H and O–H groups in total. The van der Waals surface area contributed by atoms with E-state index in [1.807, 2.05) is 0 Å². The summed E-state index contributed by atoms with van der Waals surface area (Å²) in [4.78, 5) is 0. The molecule has 0 aliphatic carbocycles. The number of aromatic nitrogens is 1. The summed E-state index contributed by atoms with van der Waals surface area (Å²) in [5.74, 6) is 0.496. The van der Waals surface area contributed by atoms with Gasteiger partial charge in [-0.1, -0.05) is 166 Å². The van der Waals surface area contributed by atoms with Crippen molar-refractivity contribution in [1.82, 2.24) is 4.57 Å². The van der Waals surface area contributed by atoms with Crippen molar-refractivity contribution >= 4 is 66.3 Å². The third-order valence-electron chi connectivity index (χ3n) is 12.4. The van der Waals surface area contributed by atoms with Crippen molar-refractivity contribution in [2.45, 2.75) is 149 Å². The average Bonchev–Trinajstić information content (AvgIpc) is 3.55. The highest BCUT2D eigenvalue weighted by molar-refractivity contribution is 6.41. The maximum absolute atomic E-state index is 9.84. The van der Waals surface area contributed by atoms with Gasteiger partial charge in [-0.25, -0.2) is 0 Å². The number of hydrogen-bond acceptors (Lipinski definition) is 4. The van der Waals surface area contributed by atoms with Gasteiger partial charge in [0.05, 0.1) is 11.0 Å². The predicted molar refractivity (Wildman–Crippen MR) is 240 cm³/mol. The number of rotatable bonds is 24. The molecule has 1 aromatic heterocycles. The minimum absolute atomic E-state index is 0.0880. The summed E-state index contributed by atoms with van der Waals surface area (Å²) in [5, 5.41) is 48.4. The fourth-order valence-electron chi connectivity index (χ4n) is 9.48. The van der Waals surface area contributed by atoms with Gasteiger partial charge in [0.25, 0.3) is 0 Å². The smallest absolute Gasteiger partial charge is 0.130 e. The molecule has 1 heterocycles. The van der Waals surface area contributed by atoms with Gasteiger partial charge in [-0.3, -0.25) is 0 Å². The number of allylic oxidation sites excluding steroid dienone is 2. The molecule has 6 aromatic rings. The van der Waals surface area contributed by atoms with Crippen molar-refractivity contribution in [2.75, 3.05) is 0 Å². The van der Waals surface area contributed by atoms with Crippen molar-refractivity contribution in [2.24, 2.45) is 5.92 Å². The van der Waals surface area contributed by atoms with Crippen LogP contribution in [0.15, 0.2) is 59.7 Å². The van der Waals surface area contributed by atoms with Crippen molar-refractivity contribution in [3.8, 4) is 24.3 Å². The van der Waals surface area contributed by atoms with E-state index in [-0.39, 0.29) is 11.1 Å². The van der Waals surface area contributed by atoms with Gasteiger partial charge in [0, 0.05) is 28.1 Å². The van der Waals surface area contributed by atoms with E-state index in [9.17, 15) is 21.0 Å². The van der Waals surface area contributed by atoms with E-state index in [4.69, 9.17) is 0 Å². The molecular formula is C52H59N5. The number of benzene rings is 5. The second-order valence-corrected chi connectivity index (χ2v) is 16.5. The Kier molecular flexibility index (Phi) is 15.0. The first-order valence-electron chi connectivity index (χ1n) is 22.1. The first-order chi connectivity index (χ1) is 28.1. The standard InChI is InChI=1S/C52H59N5/c1-3-5-7-9-11-13-14-16-18-20-24-38(23-19-17-15-12-10-8-6-4-2)37-57-47-31-41(29-39(33-53)34-54)43-25-21-27-45-46-28-22-26-44-42(30-40(35-55)36-56)32-48(57)52(50(44)46)51(47)49(43)45/h21-22,25-32,38H,3-20,23-24,37H2,1-2H3. The zero-order valence-electron chi connectivity index (χ0n) is 34.4. The topological polar surface area (TPSA) is 100 Å². The summed E-state index contributed by atoms with van der Waals surface area (Å²) in [7, 11) is 0. The third kappa shape index (κ3) is 9.44. The summed E-state index contributed by atoms with van der Waals surface area (Å²) in [6.45, 7) is 5.43. The van der Waals surface area contributed by atoms with Crippen LogP contribution in [0, 0.1) is 51.2 Å². The van der Waals surface area contributed by atoms with Crippen LogP contribution in [-0.2, 0) is 6.54 Å². The Balaban J connectivity index is 1.42. The number of nitrogens with zero attached hydrogens (tertiary/aromatic N) is 5. The lowest BCUT2D eigenvalue weighted by molar-refractivity contribution is 0.364. The van der Waals surface area contributed by atoms with Crippen LogP contribution in [0.4, 0.5) is 0 Å². The molecule has 0 saturated carbocycles. The van der Waals surface area contributed by atoms with Gasteiger partial charge in [-0.05, 0) is 75.7 Å². The summed E-state index contributed by atoms with van der Waals surface area (Å²) >= 11 is 0. The minimum atomic E-state index is 0.0880. The Bertz CT molecular complexity index is 2300. The first-order valence-corrected chi connectivity index (χ1v) is 22.1. The van der Waals surface area contributed by atoms with Crippen LogP contribution in [0.1, 0.15) is 153 Å². The van der Waals surface area contributed by atoms with Gasteiger partial charge < -0.3 is 4.57 Å². The van der Waals surface area contributed by atoms with Crippen LogP contribution in [0.5, 0.6) is 0 Å². The Labute approximate surface area is 340 Å². The molecule has 6 rings (SSSR count). The lowest BCUT2D eigenvalue weighted by Gasteiger charge is -2.20. The van der Waals surface area contributed by atoms with E-state index >= 15 is 0 Å². The number of unbranched alkanes of at least 4 members (excludes halogenated alkanes) is 16. The van der Waals surface area contributed by atoms with Gasteiger partial charge in [-0.2, -0.15) is 21.0 Å². The minimum Gasteiger partial charge on any atom is -0.340 e. The summed E-state index contributed by atoms with van der Waals surface area (Å²) in [6, 6.07) is 25.5. The zero-order chi connectivity index (χ0) is 40.0. The molecular weight excluding hydrogens is 695 g/mol. The fourth-order valence-corrected chi connectivity index (χ4v) is 9.48. The Morgan fingerprint density at radius 1 is 0.491 bits per heavy atom. The molecule has 292 valence electrons. The number of nitriles is 4. The predicted octanol–water partition coefficient (Wildman–Crippen LogP) is 15.4. The highest BCUT2D eigenvalue weighted by atomic mass is 15.0. The molecule has 5 heteroatoms. The summed E-state index contributed by atoms with van der Waals surface area (Å²) in [6.07, 6.45) is 29.6. The van der Waals surface area contributed by atoms with Crippen LogP contribution in [0.2, 0.25) is 0 Å².